The fourth-order valence-corrected chi connectivity index (χ4v) is 8.54. The average Bonchev–Trinajstić information content (AvgIpc) is 3.65. The number of hydrogen-bond acceptors (Lipinski definition) is 3. The minimum atomic E-state index is 0.639. The Hall–Kier alpha value is -7.49. The number of anilines is 3. The first-order chi connectivity index (χ1) is 27.8. The van der Waals surface area contributed by atoms with Crippen molar-refractivity contribution in [3.63, 3.8) is 0 Å². The maximum Gasteiger partial charge on any atom is 0.227 e. The summed E-state index contributed by atoms with van der Waals surface area (Å²) in [7, 11) is 0. The molecule has 0 saturated heterocycles. The molecule has 0 N–H and O–H groups in total. The number of pyridine rings is 1. The first-order valence-electron chi connectivity index (χ1n) is 19.0. The van der Waals surface area contributed by atoms with Gasteiger partial charge in [-0.05, 0) is 110 Å². The van der Waals surface area contributed by atoms with Gasteiger partial charge >= 0.3 is 0 Å². The van der Waals surface area contributed by atoms with Gasteiger partial charge in [-0.1, -0.05) is 146 Å². The topological polar surface area (TPSA) is 29.3 Å². The fraction of sp³-hybridized carbons (Fsp3) is 0. The summed E-state index contributed by atoms with van der Waals surface area (Å²) in [6.07, 6.45) is 1.78. The van der Waals surface area contributed by atoms with Crippen LogP contribution in [0.15, 0.2) is 211 Å². The Morgan fingerprint density at radius 3 is 1.52 bits per heavy atom. The Kier molecular flexibility index (Phi) is 7.49. The van der Waals surface area contributed by atoms with Crippen molar-refractivity contribution in [3.8, 4) is 66.8 Å². The molecule has 1 aliphatic rings. The number of rotatable bonds is 5. The standard InChI is InChI=1S/C53H34N2O/c1-3-14-35(15-4-1)37-25-30-51(49(32-37)36-16-5-2-6-17-36)55(39-27-29-47-48-24-13-31-54-53(48)56-52(47)34-39)38-26-28-46-44-22-10-9-20-42(44)40-18-7-8-19-41(40)43-21-11-12-23-45(43)50(46)33-38/h1-34H. The van der Waals surface area contributed by atoms with Gasteiger partial charge < -0.3 is 9.32 Å². The molecule has 8 aromatic carbocycles. The van der Waals surface area contributed by atoms with Crippen LogP contribution >= 0.6 is 0 Å². The van der Waals surface area contributed by atoms with E-state index in [1.807, 2.05) is 6.07 Å². The van der Waals surface area contributed by atoms with Gasteiger partial charge in [0, 0.05) is 40.0 Å². The lowest BCUT2D eigenvalue weighted by atomic mass is 9.81. The van der Waals surface area contributed by atoms with E-state index in [2.05, 4.69) is 204 Å². The Balaban J connectivity index is 1.20. The number of furan rings is 1. The second-order valence-corrected chi connectivity index (χ2v) is 14.3. The third kappa shape index (κ3) is 5.25. The van der Waals surface area contributed by atoms with Crippen molar-refractivity contribution in [1.29, 1.82) is 0 Å². The fourth-order valence-electron chi connectivity index (χ4n) is 8.54. The van der Waals surface area contributed by atoms with Gasteiger partial charge in [-0.15, -0.1) is 0 Å². The first kappa shape index (κ1) is 32.0. The zero-order valence-electron chi connectivity index (χ0n) is 30.4. The maximum absolute atomic E-state index is 6.41. The van der Waals surface area contributed by atoms with E-state index < -0.39 is 0 Å². The molecule has 56 heavy (non-hydrogen) atoms. The summed E-state index contributed by atoms with van der Waals surface area (Å²) in [6.45, 7) is 0. The number of nitrogens with zero attached hydrogens (tertiary/aromatic N) is 2. The smallest absolute Gasteiger partial charge is 0.227 e. The quantitative estimate of drug-likeness (QED) is 0.178. The Labute approximate surface area is 325 Å². The van der Waals surface area contributed by atoms with Crippen LogP contribution in [-0.4, -0.2) is 4.98 Å². The molecule has 0 bridgehead atoms. The van der Waals surface area contributed by atoms with E-state index in [-0.39, 0.29) is 0 Å². The van der Waals surface area contributed by atoms with Crippen molar-refractivity contribution in [2.24, 2.45) is 0 Å². The lowest BCUT2D eigenvalue weighted by Gasteiger charge is -2.30. The zero-order chi connectivity index (χ0) is 37.0. The van der Waals surface area contributed by atoms with E-state index in [1.165, 1.54) is 50.1 Å². The van der Waals surface area contributed by atoms with Crippen LogP contribution < -0.4 is 4.90 Å². The van der Waals surface area contributed by atoms with Gasteiger partial charge in [0.25, 0.3) is 0 Å². The molecular formula is C53H34N2O. The highest BCUT2D eigenvalue weighted by atomic mass is 16.3. The van der Waals surface area contributed by atoms with Crippen molar-refractivity contribution >= 4 is 39.1 Å². The Morgan fingerprint density at radius 1 is 0.339 bits per heavy atom. The number of benzene rings is 8. The summed E-state index contributed by atoms with van der Waals surface area (Å²) in [5, 5.41) is 2.05. The molecule has 262 valence electrons. The average molecular weight is 715 g/mol. The van der Waals surface area contributed by atoms with Crippen LogP contribution in [0, 0.1) is 0 Å². The van der Waals surface area contributed by atoms with Crippen LogP contribution in [0.5, 0.6) is 0 Å². The molecule has 3 nitrogen and oxygen atoms in total. The summed E-state index contributed by atoms with van der Waals surface area (Å²) < 4.78 is 6.41. The minimum absolute atomic E-state index is 0.639. The highest BCUT2D eigenvalue weighted by Gasteiger charge is 2.25. The molecule has 3 heteroatoms. The summed E-state index contributed by atoms with van der Waals surface area (Å²) in [5.41, 5.74) is 18.9. The normalized spacial score (nSPS) is 11.6. The molecule has 0 aliphatic heterocycles. The monoisotopic (exact) mass is 714 g/mol. The molecule has 10 aromatic rings. The van der Waals surface area contributed by atoms with E-state index in [1.54, 1.807) is 6.20 Å². The van der Waals surface area contributed by atoms with Gasteiger partial charge in [0.2, 0.25) is 5.71 Å². The number of fused-ring (bicyclic) bond motifs is 11. The van der Waals surface area contributed by atoms with E-state index in [0.717, 1.165) is 50.1 Å². The highest BCUT2D eigenvalue weighted by Crippen LogP contribution is 2.50. The maximum atomic E-state index is 6.41. The molecule has 0 spiro atoms. The van der Waals surface area contributed by atoms with Gasteiger partial charge in [0.1, 0.15) is 5.58 Å². The predicted octanol–water partition coefficient (Wildman–Crippen LogP) is 14.8. The molecule has 11 rings (SSSR count). The Bertz CT molecular complexity index is 3080. The SMILES string of the molecule is c1ccc(-c2ccc(N(c3ccc4c(c3)-c3ccccc3-c3ccccc3-c3ccccc3-4)c3ccc4c(c3)oc3ncccc34)c(-c3ccccc3)c2)cc1. The number of aromatic nitrogens is 1. The van der Waals surface area contributed by atoms with Crippen molar-refractivity contribution in [1.82, 2.24) is 4.98 Å². The summed E-state index contributed by atoms with van der Waals surface area (Å²) in [4.78, 5) is 6.93. The molecule has 0 unspecified atom stereocenters. The second-order valence-electron chi connectivity index (χ2n) is 14.3. The third-order valence-corrected chi connectivity index (χ3v) is 11.1. The van der Waals surface area contributed by atoms with E-state index >= 15 is 0 Å². The molecule has 0 radical (unpaired) electrons. The molecule has 0 fully saturated rings. The molecule has 0 saturated carbocycles. The van der Waals surface area contributed by atoms with Crippen LogP contribution in [0.3, 0.4) is 0 Å². The first-order valence-corrected chi connectivity index (χ1v) is 19.0. The van der Waals surface area contributed by atoms with Crippen molar-refractivity contribution in [2.75, 3.05) is 4.90 Å². The molecule has 0 amide bonds. The van der Waals surface area contributed by atoms with Gasteiger partial charge in [-0.2, -0.15) is 0 Å². The van der Waals surface area contributed by atoms with Crippen LogP contribution in [0.2, 0.25) is 0 Å². The zero-order valence-corrected chi connectivity index (χ0v) is 30.4. The summed E-state index contributed by atoms with van der Waals surface area (Å²) in [5.74, 6) is 0. The largest absolute Gasteiger partial charge is 0.438 e. The Morgan fingerprint density at radius 2 is 0.875 bits per heavy atom. The van der Waals surface area contributed by atoms with Crippen molar-refractivity contribution in [2.45, 2.75) is 0 Å². The third-order valence-electron chi connectivity index (χ3n) is 11.1. The van der Waals surface area contributed by atoms with Crippen LogP contribution in [0.1, 0.15) is 0 Å². The molecular weight excluding hydrogens is 681 g/mol. The van der Waals surface area contributed by atoms with Crippen molar-refractivity contribution < 1.29 is 4.42 Å². The van der Waals surface area contributed by atoms with Gasteiger partial charge in [0.05, 0.1) is 5.69 Å². The van der Waals surface area contributed by atoms with E-state index in [4.69, 9.17) is 4.42 Å². The predicted molar refractivity (Wildman–Crippen MR) is 232 cm³/mol. The van der Waals surface area contributed by atoms with Gasteiger partial charge in [0.15, 0.2) is 0 Å². The summed E-state index contributed by atoms with van der Waals surface area (Å²) in [6, 6.07) is 72.1. The lowest BCUT2D eigenvalue weighted by Crippen LogP contribution is -2.12. The summed E-state index contributed by atoms with van der Waals surface area (Å²) >= 11 is 0. The van der Waals surface area contributed by atoms with E-state index in [9.17, 15) is 0 Å². The van der Waals surface area contributed by atoms with Crippen LogP contribution in [0.25, 0.3) is 88.8 Å². The van der Waals surface area contributed by atoms with Gasteiger partial charge in [-0.3, -0.25) is 0 Å². The second kappa shape index (κ2) is 13.1. The minimum Gasteiger partial charge on any atom is -0.438 e. The molecule has 0 atom stereocenters. The van der Waals surface area contributed by atoms with Gasteiger partial charge in [-0.25, -0.2) is 4.98 Å². The number of hydrogen-bond donors (Lipinski definition) is 0. The van der Waals surface area contributed by atoms with E-state index in [0.29, 0.717) is 5.71 Å². The van der Waals surface area contributed by atoms with Crippen molar-refractivity contribution in [3.05, 3.63) is 206 Å². The lowest BCUT2D eigenvalue weighted by molar-refractivity contribution is 0.654. The molecule has 2 heterocycles. The molecule has 2 aromatic heterocycles. The van der Waals surface area contributed by atoms with Crippen LogP contribution in [-0.2, 0) is 0 Å². The van der Waals surface area contributed by atoms with Crippen LogP contribution in [0.4, 0.5) is 17.1 Å². The molecule has 1 aliphatic carbocycles. The highest BCUT2D eigenvalue weighted by molar-refractivity contribution is 6.07.